The van der Waals surface area contributed by atoms with Gasteiger partial charge in [-0.1, -0.05) is 47.7 Å². The molecule has 0 aliphatic carbocycles. The number of hydrogen-bond acceptors (Lipinski definition) is 4. The fraction of sp³-hybridized carbons (Fsp3) is 0.0526. The highest BCUT2D eigenvalue weighted by Crippen LogP contribution is 2.32. The molecular weight excluding hydrogens is 358 g/mol. The third kappa shape index (κ3) is 3.21. The number of amides is 1. The molecule has 7 heteroatoms. The minimum atomic E-state index is -2.94. The summed E-state index contributed by atoms with van der Waals surface area (Å²) in [5.41, 5.74) is 1.03. The van der Waals surface area contributed by atoms with Gasteiger partial charge in [0.25, 0.3) is 5.91 Å². The Morgan fingerprint density at radius 2 is 1.92 bits per heavy atom. The van der Waals surface area contributed by atoms with Crippen molar-refractivity contribution in [3.63, 3.8) is 0 Å². The molecule has 0 saturated carbocycles. The van der Waals surface area contributed by atoms with Crippen LogP contribution in [0.5, 0.6) is 5.75 Å². The first-order valence-electron chi connectivity index (χ1n) is 7.75. The lowest BCUT2D eigenvalue weighted by atomic mass is 10.1. The number of carbonyl (C=O) groups is 1. The van der Waals surface area contributed by atoms with Crippen LogP contribution in [0.2, 0.25) is 0 Å². The van der Waals surface area contributed by atoms with Gasteiger partial charge in [0.1, 0.15) is 5.75 Å². The fourth-order valence-corrected chi connectivity index (χ4v) is 3.57. The number of nitrogens with zero attached hydrogens (tertiary/aromatic N) is 1. The van der Waals surface area contributed by atoms with E-state index in [2.05, 4.69) is 15.0 Å². The Bertz CT molecular complexity index is 1110. The van der Waals surface area contributed by atoms with Crippen molar-refractivity contribution in [2.45, 2.75) is 6.61 Å². The van der Waals surface area contributed by atoms with Crippen molar-refractivity contribution in [3.05, 3.63) is 66.2 Å². The summed E-state index contributed by atoms with van der Waals surface area (Å²) in [5.74, 6) is -0.504. The van der Waals surface area contributed by atoms with Gasteiger partial charge in [-0.3, -0.25) is 10.1 Å². The van der Waals surface area contributed by atoms with E-state index in [1.807, 2.05) is 36.4 Å². The van der Waals surface area contributed by atoms with Crippen LogP contribution in [0.15, 0.2) is 60.7 Å². The van der Waals surface area contributed by atoms with Crippen LogP contribution >= 0.6 is 11.3 Å². The number of aromatic nitrogens is 1. The topological polar surface area (TPSA) is 51.2 Å². The number of nitrogens with one attached hydrogen (secondary N) is 1. The fourth-order valence-electron chi connectivity index (χ4n) is 2.70. The van der Waals surface area contributed by atoms with Crippen molar-refractivity contribution < 1.29 is 18.3 Å². The van der Waals surface area contributed by atoms with Gasteiger partial charge in [-0.2, -0.15) is 8.78 Å². The first-order chi connectivity index (χ1) is 12.6. The molecule has 0 atom stereocenters. The summed E-state index contributed by atoms with van der Waals surface area (Å²) in [6, 6.07) is 17.5. The highest BCUT2D eigenvalue weighted by Gasteiger charge is 2.13. The van der Waals surface area contributed by atoms with Crippen molar-refractivity contribution in [1.29, 1.82) is 0 Å². The molecule has 0 unspecified atom stereocenters. The molecule has 0 radical (unpaired) electrons. The number of ether oxygens (including phenoxy) is 1. The molecule has 0 spiro atoms. The lowest BCUT2D eigenvalue weighted by Gasteiger charge is -2.06. The van der Waals surface area contributed by atoms with Crippen molar-refractivity contribution >= 4 is 43.4 Å². The van der Waals surface area contributed by atoms with Crippen LogP contribution in [0.25, 0.3) is 21.0 Å². The number of hydrogen-bond donors (Lipinski definition) is 1. The number of thiazole rings is 1. The number of rotatable bonds is 4. The minimum absolute atomic E-state index is 0.0667. The van der Waals surface area contributed by atoms with Gasteiger partial charge in [0.05, 0.1) is 10.2 Å². The zero-order valence-corrected chi connectivity index (χ0v) is 14.1. The molecule has 1 amide bonds. The van der Waals surface area contributed by atoms with Crippen LogP contribution < -0.4 is 10.1 Å². The summed E-state index contributed by atoms with van der Waals surface area (Å²) in [6.45, 7) is -2.94. The van der Waals surface area contributed by atoms with E-state index >= 15 is 0 Å². The Balaban J connectivity index is 1.63. The van der Waals surface area contributed by atoms with Gasteiger partial charge in [-0.05, 0) is 29.7 Å². The van der Waals surface area contributed by atoms with Gasteiger partial charge in [0.2, 0.25) is 0 Å². The third-order valence-electron chi connectivity index (χ3n) is 3.83. The predicted molar refractivity (Wildman–Crippen MR) is 98.2 cm³/mol. The monoisotopic (exact) mass is 370 g/mol. The summed E-state index contributed by atoms with van der Waals surface area (Å²) in [5, 5.41) is 5.24. The highest BCUT2D eigenvalue weighted by molar-refractivity contribution is 7.22. The molecule has 1 N–H and O–H groups in total. The molecule has 0 aliphatic rings. The van der Waals surface area contributed by atoms with Crippen LogP contribution in [0.4, 0.5) is 13.9 Å². The van der Waals surface area contributed by atoms with E-state index in [0.29, 0.717) is 5.13 Å². The average Bonchev–Trinajstić information content (AvgIpc) is 3.04. The molecule has 0 saturated heterocycles. The minimum Gasteiger partial charge on any atom is -0.435 e. The molecule has 1 aromatic heterocycles. The second-order valence-electron chi connectivity index (χ2n) is 5.51. The van der Waals surface area contributed by atoms with Gasteiger partial charge in [0, 0.05) is 10.9 Å². The number of fused-ring (bicyclic) bond motifs is 3. The van der Waals surface area contributed by atoms with E-state index in [1.165, 1.54) is 35.6 Å². The lowest BCUT2D eigenvalue weighted by molar-refractivity contribution is -0.0498. The molecule has 3 aromatic carbocycles. The highest BCUT2D eigenvalue weighted by atomic mass is 32.1. The summed E-state index contributed by atoms with van der Waals surface area (Å²) in [4.78, 5) is 16.9. The first-order valence-corrected chi connectivity index (χ1v) is 8.56. The molecule has 0 fully saturated rings. The Kier molecular flexibility index (Phi) is 4.22. The second kappa shape index (κ2) is 6.68. The predicted octanol–water partition coefficient (Wildman–Crippen LogP) is 5.30. The maximum Gasteiger partial charge on any atom is 0.387 e. The molecule has 130 valence electrons. The smallest absolute Gasteiger partial charge is 0.387 e. The summed E-state index contributed by atoms with van der Waals surface area (Å²) in [7, 11) is 0. The molecule has 0 bridgehead atoms. The number of alkyl halides is 2. The third-order valence-corrected chi connectivity index (χ3v) is 4.76. The lowest BCUT2D eigenvalue weighted by Crippen LogP contribution is -2.12. The Labute approximate surface area is 151 Å². The van der Waals surface area contributed by atoms with E-state index in [1.54, 1.807) is 0 Å². The molecule has 0 aliphatic heterocycles. The largest absolute Gasteiger partial charge is 0.435 e. The summed E-state index contributed by atoms with van der Waals surface area (Å²) in [6.07, 6.45) is 0. The average molecular weight is 370 g/mol. The quantitative estimate of drug-likeness (QED) is 0.530. The Morgan fingerprint density at radius 3 is 2.77 bits per heavy atom. The summed E-state index contributed by atoms with van der Waals surface area (Å²) >= 11 is 1.36. The molecule has 26 heavy (non-hydrogen) atoms. The zero-order chi connectivity index (χ0) is 18.1. The SMILES string of the molecule is O=C(Nc1nc2c(ccc3ccccc32)s1)c1cccc(OC(F)F)c1. The van der Waals surface area contributed by atoms with Crippen molar-refractivity contribution in [2.75, 3.05) is 5.32 Å². The van der Waals surface area contributed by atoms with Gasteiger partial charge in [0.15, 0.2) is 5.13 Å². The van der Waals surface area contributed by atoms with Crippen LogP contribution in [0.3, 0.4) is 0 Å². The van der Waals surface area contributed by atoms with E-state index < -0.39 is 12.5 Å². The number of carbonyl (C=O) groups excluding carboxylic acids is 1. The zero-order valence-electron chi connectivity index (χ0n) is 13.3. The van der Waals surface area contributed by atoms with Crippen molar-refractivity contribution in [3.8, 4) is 5.75 Å². The number of halogens is 2. The standard InChI is InChI=1S/C19H12F2N2O2S/c20-18(21)25-13-6-3-5-12(10-13)17(24)23-19-22-16-14-7-2-1-4-11(14)8-9-15(16)26-19/h1-10,18H,(H,22,23,24). The summed E-state index contributed by atoms with van der Waals surface area (Å²) < 4.78 is 29.9. The van der Waals surface area contributed by atoms with Crippen LogP contribution in [-0.4, -0.2) is 17.5 Å². The maximum atomic E-state index is 12.4. The van der Waals surface area contributed by atoms with E-state index in [9.17, 15) is 13.6 Å². The van der Waals surface area contributed by atoms with Gasteiger partial charge >= 0.3 is 6.61 Å². The molecular formula is C19H12F2N2O2S. The van der Waals surface area contributed by atoms with Crippen molar-refractivity contribution in [2.24, 2.45) is 0 Å². The first kappa shape index (κ1) is 16.4. The number of anilines is 1. The van der Waals surface area contributed by atoms with Gasteiger partial charge in [-0.25, -0.2) is 4.98 Å². The van der Waals surface area contributed by atoms with Crippen LogP contribution in [-0.2, 0) is 0 Å². The van der Waals surface area contributed by atoms with Gasteiger partial charge in [-0.15, -0.1) is 0 Å². The molecule has 4 aromatic rings. The van der Waals surface area contributed by atoms with Gasteiger partial charge < -0.3 is 4.74 Å². The van der Waals surface area contributed by atoms with E-state index in [0.717, 1.165) is 21.0 Å². The second-order valence-corrected chi connectivity index (χ2v) is 6.54. The Morgan fingerprint density at radius 1 is 1.08 bits per heavy atom. The van der Waals surface area contributed by atoms with Crippen molar-refractivity contribution in [1.82, 2.24) is 4.98 Å². The van der Waals surface area contributed by atoms with E-state index in [-0.39, 0.29) is 11.3 Å². The van der Waals surface area contributed by atoms with E-state index in [4.69, 9.17) is 0 Å². The molecule has 4 nitrogen and oxygen atoms in total. The maximum absolute atomic E-state index is 12.4. The molecule has 4 rings (SSSR count). The normalized spacial score (nSPS) is 11.2. The molecule has 1 heterocycles. The Hall–Kier alpha value is -3.06. The van der Waals surface area contributed by atoms with Crippen LogP contribution in [0.1, 0.15) is 10.4 Å². The van der Waals surface area contributed by atoms with Crippen LogP contribution in [0, 0.1) is 0 Å². The number of benzene rings is 3.